The second-order valence-corrected chi connectivity index (χ2v) is 14.0. The number of aliphatic hydroxyl groups excluding tert-OH is 1. The summed E-state index contributed by atoms with van der Waals surface area (Å²) < 4.78 is 21.3. The second kappa shape index (κ2) is 8.91. The average Bonchev–Trinajstić information content (AvgIpc) is 3.28. The smallest absolute Gasteiger partial charge is 0.263 e. The van der Waals surface area contributed by atoms with Gasteiger partial charge in [0.15, 0.2) is 0 Å². The van der Waals surface area contributed by atoms with Gasteiger partial charge < -0.3 is 14.0 Å². The molecule has 1 amide bonds. The van der Waals surface area contributed by atoms with Crippen molar-refractivity contribution in [3.8, 4) is 0 Å². The highest BCUT2D eigenvalue weighted by Gasteiger charge is 2.50. The molecule has 0 spiro atoms. The van der Waals surface area contributed by atoms with E-state index < -0.39 is 8.41 Å². The van der Waals surface area contributed by atoms with Gasteiger partial charge in [-0.15, -0.1) is 0 Å². The van der Waals surface area contributed by atoms with E-state index in [9.17, 15) is 9.90 Å². The SMILES string of the molecule is C[C@H]1[C@H]([Si](C)(C)F)[C@@H](CCO)O[C@H]1CCc1cccc(N2C(=O)c3cccc4cccc2c34)c1. The Hall–Kier alpha value is -2.54. The molecule has 0 aromatic heterocycles. The van der Waals surface area contributed by atoms with Crippen molar-refractivity contribution in [1.82, 2.24) is 0 Å². The molecule has 3 aromatic rings. The minimum atomic E-state index is -2.91. The maximum absolute atomic E-state index is 15.1. The van der Waals surface area contributed by atoms with E-state index in [1.54, 1.807) is 18.0 Å². The van der Waals surface area contributed by atoms with Crippen LogP contribution in [-0.2, 0) is 11.2 Å². The second-order valence-electron chi connectivity index (χ2n) is 10.2. The number of rotatable bonds is 7. The normalized spacial score (nSPS) is 24.4. The molecule has 34 heavy (non-hydrogen) atoms. The number of halogens is 1. The summed E-state index contributed by atoms with van der Waals surface area (Å²) in [7, 11) is -2.91. The van der Waals surface area contributed by atoms with Crippen molar-refractivity contribution in [2.75, 3.05) is 11.5 Å². The van der Waals surface area contributed by atoms with Crippen molar-refractivity contribution in [3.63, 3.8) is 0 Å². The summed E-state index contributed by atoms with van der Waals surface area (Å²) in [5, 5.41) is 11.5. The molecule has 0 aliphatic carbocycles. The lowest BCUT2D eigenvalue weighted by molar-refractivity contribution is 0.0193. The Balaban J connectivity index is 1.35. The Labute approximate surface area is 201 Å². The fourth-order valence-corrected chi connectivity index (χ4v) is 8.70. The minimum Gasteiger partial charge on any atom is -0.396 e. The van der Waals surface area contributed by atoms with E-state index in [1.165, 1.54) is 0 Å². The quantitative estimate of drug-likeness (QED) is 0.317. The number of carbonyl (C=O) groups excluding carboxylic acids is 1. The predicted molar refractivity (Wildman–Crippen MR) is 137 cm³/mol. The van der Waals surface area contributed by atoms with Crippen LogP contribution in [-0.4, -0.2) is 38.2 Å². The molecule has 3 aromatic carbocycles. The first-order chi connectivity index (χ1) is 16.3. The van der Waals surface area contributed by atoms with Gasteiger partial charge in [-0.25, -0.2) is 0 Å². The Kier molecular flexibility index (Phi) is 6.08. The van der Waals surface area contributed by atoms with Gasteiger partial charge in [0.2, 0.25) is 8.41 Å². The number of ether oxygens (including phenoxy) is 1. The molecule has 1 saturated heterocycles. The molecule has 1 fully saturated rings. The van der Waals surface area contributed by atoms with Crippen LogP contribution in [0.3, 0.4) is 0 Å². The van der Waals surface area contributed by atoms with Gasteiger partial charge in [0.25, 0.3) is 5.91 Å². The fourth-order valence-electron chi connectivity index (χ4n) is 6.11. The lowest BCUT2D eigenvalue weighted by atomic mass is 9.95. The zero-order valence-electron chi connectivity index (χ0n) is 20.0. The molecule has 6 heteroatoms. The third-order valence-electron chi connectivity index (χ3n) is 7.55. The van der Waals surface area contributed by atoms with Crippen molar-refractivity contribution in [2.24, 2.45) is 5.92 Å². The highest BCUT2D eigenvalue weighted by molar-refractivity contribution is 6.72. The van der Waals surface area contributed by atoms with Gasteiger partial charge in [0.1, 0.15) is 0 Å². The lowest BCUT2D eigenvalue weighted by Crippen LogP contribution is -2.36. The zero-order chi connectivity index (χ0) is 24.0. The van der Waals surface area contributed by atoms with Gasteiger partial charge in [-0.1, -0.05) is 43.3 Å². The first-order valence-corrected chi connectivity index (χ1v) is 15.2. The van der Waals surface area contributed by atoms with E-state index in [2.05, 4.69) is 19.1 Å². The van der Waals surface area contributed by atoms with Crippen LogP contribution in [0.5, 0.6) is 0 Å². The lowest BCUT2D eigenvalue weighted by Gasteiger charge is -2.28. The summed E-state index contributed by atoms with van der Waals surface area (Å²) in [4.78, 5) is 15.1. The predicted octanol–water partition coefficient (Wildman–Crippen LogP) is 6.40. The van der Waals surface area contributed by atoms with E-state index in [1.807, 2.05) is 48.5 Å². The molecule has 2 heterocycles. The molecule has 178 valence electrons. The maximum Gasteiger partial charge on any atom is 0.263 e. The number of hydrogen-bond acceptors (Lipinski definition) is 3. The van der Waals surface area contributed by atoms with Crippen LogP contribution < -0.4 is 4.90 Å². The van der Waals surface area contributed by atoms with E-state index in [-0.39, 0.29) is 36.2 Å². The van der Waals surface area contributed by atoms with Crippen LogP contribution in [0.4, 0.5) is 15.5 Å². The third-order valence-corrected chi connectivity index (χ3v) is 10.0. The average molecular weight is 478 g/mol. The molecule has 0 bridgehead atoms. The highest BCUT2D eigenvalue weighted by atomic mass is 28.4. The van der Waals surface area contributed by atoms with E-state index in [0.717, 1.165) is 46.1 Å². The first kappa shape index (κ1) is 23.2. The topological polar surface area (TPSA) is 49.8 Å². The van der Waals surface area contributed by atoms with Crippen LogP contribution in [0.2, 0.25) is 18.6 Å². The summed E-state index contributed by atoms with van der Waals surface area (Å²) >= 11 is 0. The standard InChI is InChI=1S/C28H32FNO3Si/c1-18-24(33-25(15-16-31)27(18)34(2,3)29)14-13-19-7-4-10-21(17-19)30-23-12-6-9-20-8-5-11-22(26(20)23)28(30)32/h4-12,17-18,24-25,27,31H,13-16H2,1-3H3/t18-,24+,25-,27+/m1/s1. The number of amides is 1. The number of benzene rings is 3. The summed E-state index contributed by atoms with van der Waals surface area (Å²) in [6, 6.07) is 20.0. The number of anilines is 2. The fraction of sp³-hybridized carbons (Fsp3) is 0.393. The molecule has 0 unspecified atom stereocenters. The molecular weight excluding hydrogens is 445 g/mol. The van der Waals surface area contributed by atoms with Gasteiger partial charge in [0.05, 0.1) is 23.5 Å². The van der Waals surface area contributed by atoms with Crippen LogP contribution in [0.25, 0.3) is 10.8 Å². The summed E-state index contributed by atoms with van der Waals surface area (Å²) in [6.07, 6.45) is 1.83. The molecule has 0 saturated carbocycles. The Morgan fingerprint density at radius 2 is 1.76 bits per heavy atom. The third kappa shape index (κ3) is 3.98. The van der Waals surface area contributed by atoms with Gasteiger partial charge >= 0.3 is 0 Å². The van der Waals surface area contributed by atoms with Crippen LogP contribution in [0.15, 0.2) is 60.7 Å². The molecule has 5 rings (SSSR count). The molecule has 0 radical (unpaired) electrons. The van der Waals surface area contributed by atoms with Crippen molar-refractivity contribution >= 4 is 36.5 Å². The Bertz CT molecular complexity index is 1220. The van der Waals surface area contributed by atoms with Crippen molar-refractivity contribution in [2.45, 2.75) is 57.0 Å². The van der Waals surface area contributed by atoms with Gasteiger partial charge in [-0.3, -0.25) is 9.69 Å². The summed E-state index contributed by atoms with van der Waals surface area (Å²) in [5.74, 6) is 0.125. The molecule has 2 aliphatic rings. The summed E-state index contributed by atoms with van der Waals surface area (Å²) in [5.41, 5.74) is 3.55. The number of carbonyl (C=O) groups is 1. The molecular formula is C28H32FNO3Si. The maximum atomic E-state index is 15.1. The van der Waals surface area contributed by atoms with E-state index in [0.29, 0.717) is 6.42 Å². The van der Waals surface area contributed by atoms with Crippen molar-refractivity contribution in [3.05, 3.63) is 71.8 Å². The van der Waals surface area contributed by atoms with Crippen LogP contribution in [0, 0.1) is 5.92 Å². The number of hydrogen-bond donors (Lipinski definition) is 1. The first-order valence-electron chi connectivity index (χ1n) is 12.2. The monoisotopic (exact) mass is 477 g/mol. The van der Waals surface area contributed by atoms with Crippen LogP contribution >= 0.6 is 0 Å². The van der Waals surface area contributed by atoms with Gasteiger partial charge in [-0.2, -0.15) is 0 Å². The molecule has 1 N–H and O–H groups in total. The van der Waals surface area contributed by atoms with Gasteiger partial charge in [-0.05, 0) is 73.5 Å². The largest absolute Gasteiger partial charge is 0.396 e. The van der Waals surface area contributed by atoms with E-state index in [4.69, 9.17) is 4.74 Å². The molecule has 4 atom stereocenters. The van der Waals surface area contributed by atoms with Crippen molar-refractivity contribution in [1.29, 1.82) is 0 Å². The number of aliphatic hydroxyl groups is 1. The Morgan fingerprint density at radius 3 is 2.50 bits per heavy atom. The van der Waals surface area contributed by atoms with E-state index >= 15 is 4.11 Å². The molecule has 4 nitrogen and oxygen atoms in total. The number of nitrogens with zero attached hydrogens (tertiary/aromatic N) is 1. The van der Waals surface area contributed by atoms with Gasteiger partial charge in [0, 0.05) is 23.2 Å². The zero-order valence-corrected chi connectivity index (χ0v) is 21.0. The molecule has 2 aliphatic heterocycles. The highest BCUT2D eigenvalue weighted by Crippen LogP contribution is 2.47. The number of aryl methyl sites for hydroxylation is 1. The minimum absolute atomic E-state index is 0.00141. The van der Waals surface area contributed by atoms with Crippen LogP contribution in [0.1, 0.15) is 35.7 Å². The van der Waals surface area contributed by atoms with Crippen molar-refractivity contribution < 1.29 is 18.7 Å². The summed E-state index contributed by atoms with van der Waals surface area (Å²) in [6.45, 7) is 5.61. The Morgan fingerprint density at radius 1 is 1.03 bits per heavy atom.